The van der Waals surface area contributed by atoms with Crippen LogP contribution >= 0.6 is 11.6 Å². The van der Waals surface area contributed by atoms with E-state index < -0.39 is 0 Å². The number of nitrogens with zero attached hydrogens (tertiary/aromatic N) is 3. The van der Waals surface area contributed by atoms with Crippen molar-refractivity contribution in [2.24, 2.45) is 0 Å². The first kappa shape index (κ1) is 11.6. The Balaban J connectivity index is 1.94. The first-order chi connectivity index (χ1) is 7.78. The predicted octanol–water partition coefficient (Wildman–Crippen LogP) is 1.44. The fourth-order valence-corrected chi connectivity index (χ4v) is 2.16. The van der Waals surface area contributed by atoms with Gasteiger partial charge in [0.05, 0.1) is 5.88 Å². The summed E-state index contributed by atoms with van der Waals surface area (Å²) in [5, 5.41) is 0. The summed E-state index contributed by atoms with van der Waals surface area (Å²) in [7, 11) is 0. The minimum Gasteiger partial charge on any atom is -0.384 e. The Morgan fingerprint density at radius 2 is 2.06 bits per heavy atom. The highest BCUT2D eigenvalue weighted by molar-refractivity contribution is 6.16. The van der Waals surface area contributed by atoms with Crippen LogP contribution in [0.4, 0.5) is 5.82 Å². The van der Waals surface area contributed by atoms with Crippen molar-refractivity contribution in [3.63, 3.8) is 0 Å². The molecule has 0 amide bonds. The fourth-order valence-electron chi connectivity index (χ4n) is 2.04. The second-order valence-corrected chi connectivity index (χ2v) is 4.40. The van der Waals surface area contributed by atoms with Gasteiger partial charge in [-0.05, 0) is 25.9 Å². The number of nitrogen functional groups attached to an aromatic ring is 1. The SMILES string of the molecule is Nc1cc(CCN2CCCC2)nc(CCl)n1. The lowest BCUT2D eigenvalue weighted by Crippen LogP contribution is -2.22. The van der Waals surface area contributed by atoms with Gasteiger partial charge in [-0.25, -0.2) is 9.97 Å². The Kier molecular flexibility index (Phi) is 3.96. The molecule has 1 aliphatic rings. The smallest absolute Gasteiger partial charge is 0.145 e. The van der Waals surface area contributed by atoms with Gasteiger partial charge in [-0.15, -0.1) is 11.6 Å². The van der Waals surface area contributed by atoms with Gasteiger partial charge in [-0.3, -0.25) is 0 Å². The van der Waals surface area contributed by atoms with Gasteiger partial charge < -0.3 is 10.6 Å². The summed E-state index contributed by atoms with van der Waals surface area (Å²) < 4.78 is 0. The predicted molar refractivity (Wildman–Crippen MR) is 65.4 cm³/mol. The van der Waals surface area contributed by atoms with E-state index in [0.717, 1.165) is 18.7 Å². The van der Waals surface area contributed by atoms with Crippen LogP contribution in [0.3, 0.4) is 0 Å². The molecule has 88 valence electrons. The normalized spacial score (nSPS) is 16.8. The van der Waals surface area contributed by atoms with Gasteiger partial charge in [0.1, 0.15) is 11.6 Å². The molecule has 0 unspecified atom stereocenters. The maximum absolute atomic E-state index is 5.71. The zero-order chi connectivity index (χ0) is 11.4. The second kappa shape index (κ2) is 5.46. The lowest BCUT2D eigenvalue weighted by Gasteiger charge is -2.14. The molecule has 2 N–H and O–H groups in total. The lowest BCUT2D eigenvalue weighted by atomic mass is 10.2. The van der Waals surface area contributed by atoms with E-state index in [0.29, 0.717) is 17.5 Å². The lowest BCUT2D eigenvalue weighted by molar-refractivity contribution is 0.342. The number of anilines is 1. The summed E-state index contributed by atoms with van der Waals surface area (Å²) in [5.74, 6) is 1.46. The highest BCUT2D eigenvalue weighted by Gasteiger charge is 2.11. The van der Waals surface area contributed by atoms with Gasteiger partial charge in [0.2, 0.25) is 0 Å². The van der Waals surface area contributed by atoms with E-state index in [1.807, 2.05) is 6.07 Å². The van der Waals surface area contributed by atoms with E-state index >= 15 is 0 Å². The summed E-state index contributed by atoms with van der Waals surface area (Å²) in [6.07, 6.45) is 3.56. The average molecular weight is 241 g/mol. The molecule has 4 nitrogen and oxygen atoms in total. The molecule has 0 saturated carbocycles. The van der Waals surface area contributed by atoms with E-state index in [2.05, 4.69) is 14.9 Å². The maximum Gasteiger partial charge on any atom is 0.145 e. The molecule has 1 saturated heterocycles. The summed E-state index contributed by atoms with van der Waals surface area (Å²) in [6, 6.07) is 1.84. The Morgan fingerprint density at radius 3 is 2.75 bits per heavy atom. The Bertz CT molecular complexity index is 350. The molecule has 16 heavy (non-hydrogen) atoms. The minimum absolute atomic E-state index is 0.321. The van der Waals surface area contributed by atoms with Crippen molar-refractivity contribution in [2.75, 3.05) is 25.4 Å². The molecule has 0 aromatic carbocycles. The number of rotatable bonds is 4. The van der Waals surface area contributed by atoms with Crippen LogP contribution in [-0.4, -0.2) is 34.5 Å². The van der Waals surface area contributed by atoms with Crippen molar-refractivity contribution in [3.8, 4) is 0 Å². The van der Waals surface area contributed by atoms with Crippen LogP contribution in [0.15, 0.2) is 6.07 Å². The van der Waals surface area contributed by atoms with Gasteiger partial charge in [0.15, 0.2) is 0 Å². The summed E-state index contributed by atoms with van der Waals surface area (Å²) in [6.45, 7) is 3.48. The highest BCUT2D eigenvalue weighted by Crippen LogP contribution is 2.10. The molecule has 0 spiro atoms. The third-order valence-corrected chi connectivity index (χ3v) is 3.09. The summed E-state index contributed by atoms with van der Waals surface area (Å²) >= 11 is 5.71. The number of alkyl halides is 1. The van der Waals surface area contributed by atoms with Gasteiger partial charge in [0, 0.05) is 24.7 Å². The molecule has 2 rings (SSSR count). The number of aromatic nitrogens is 2. The summed E-state index contributed by atoms with van der Waals surface area (Å²) in [5.41, 5.74) is 6.69. The van der Waals surface area contributed by atoms with Crippen LogP contribution in [0.1, 0.15) is 24.4 Å². The number of nitrogens with two attached hydrogens (primary N) is 1. The molecule has 1 aliphatic heterocycles. The topological polar surface area (TPSA) is 55.0 Å². The van der Waals surface area contributed by atoms with Gasteiger partial charge in [0.25, 0.3) is 0 Å². The van der Waals surface area contributed by atoms with Gasteiger partial charge in [-0.1, -0.05) is 0 Å². The molecule has 2 heterocycles. The number of hydrogen-bond acceptors (Lipinski definition) is 4. The monoisotopic (exact) mass is 240 g/mol. The van der Waals surface area contributed by atoms with Gasteiger partial charge >= 0.3 is 0 Å². The third-order valence-electron chi connectivity index (χ3n) is 2.85. The van der Waals surface area contributed by atoms with E-state index in [4.69, 9.17) is 17.3 Å². The van der Waals surface area contributed by atoms with Crippen LogP contribution in [0.5, 0.6) is 0 Å². The van der Waals surface area contributed by atoms with E-state index in [1.54, 1.807) is 0 Å². The molecule has 1 aromatic heterocycles. The molecule has 0 radical (unpaired) electrons. The van der Waals surface area contributed by atoms with Crippen LogP contribution in [0.2, 0.25) is 0 Å². The summed E-state index contributed by atoms with van der Waals surface area (Å²) in [4.78, 5) is 10.9. The molecular formula is C11H17ClN4. The molecule has 0 atom stereocenters. The number of likely N-dealkylation sites (tertiary alicyclic amines) is 1. The molecule has 0 bridgehead atoms. The van der Waals surface area contributed by atoms with E-state index in [-0.39, 0.29) is 0 Å². The standard InChI is InChI=1S/C11H17ClN4/c12-8-11-14-9(7-10(13)15-11)3-6-16-4-1-2-5-16/h7H,1-6,8H2,(H2,13,14,15). The first-order valence-electron chi connectivity index (χ1n) is 5.68. The van der Waals surface area contributed by atoms with Crippen molar-refractivity contribution >= 4 is 17.4 Å². The van der Waals surface area contributed by atoms with Crippen LogP contribution in [-0.2, 0) is 12.3 Å². The van der Waals surface area contributed by atoms with Crippen molar-refractivity contribution in [1.29, 1.82) is 0 Å². The largest absolute Gasteiger partial charge is 0.384 e. The highest BCUT2D eigenvalue weighted by atomic mass is 35.5. The Morgan fingerprint density at radius 1 is 1.31 bits per heavy atom. The second-order valence-electron chi connectivity index (χ2n) is 4.13. The first-order valence-corrected chi connectivity index (χ1v) is 6.22. The van der Waals surface area contributed by atoms with Crippen molar-refractivity contribution in [2.45, 2.75) is 25.1 Å². The van der Waals surface area contributed by atoms with E-state index in [9.17, 15) is 0 Å². The van der Waals surface area contributed by atoms with Crippen molar-refractivity contribution < 1.29 is 0 Å². The van der Waals surface area contributed by atoms with Crippen LogP contribution in [0, 0.1) is 0 Å². The zero-order valence-corrected chi connectivity index (χ0v) is 10.1. The fraction of sp³-hybridized carbons (Fsp3) is 0.636. The zero-order valence-electron chi connectivity index (χ0n) is 9.32. The number of hydrogen-bond donors (Lipinski definition) is 1. The molecule has 1 fully saturated rings. The average Bonchev–Trinajstić information content (AvgIpc) is 2.78. The van der Waals surface area contributed by atoms with E-state index in [1.165, 1.54) is 25.9 Å². The minimum atomic E-state index is 0.321. The number of halogens is 1. The van der Waals surface area contributed by atoms with Crippen LogP contribution in [0.25, 0.3) is 0 Å². The Hall–Kier alpha value is -0.870. The molecular weight excluding hydrogens is 224 g/mol. The van der Waals surface area contributed by atoms with Crippen LogP contribution < -0.4 is 5.73 Å². The van der Waals surface area contributed by atoms with Gasteiger partial charge in [-0.2, -0.15) is 0 Å². The van der Waals surface area contributed by atoms with Crippen molar-refractivity contribution in [1.82, 2.24) is 14.9 Å². The Labute approximate surface area is 101 Å². The maximum atomic E-state index is 5.71. The molecule has 1 aromatic rings. The third kappa shape index (κ3) is 3.06. The molecule has 0 aliphatic carbocycles. The quantitative estimate of drug-likeness (QED) is 0.810. The molecule has 5 heteroatoms. The van der Waals surface area contributed by atoms with Crippen molar-refractivity contribution in [3.05, 3.63) is 17.6 Å².